The van der Waals surface area contributed by atoms with Gasteiger partial charge in [-0.1, -0.05) is 18.2 Å². The lowest BCUT2D eigenvalue weighted by Crippen LogP contribution is -2.12. The van der Waals surface area contributed by atoms with Crippen molar-refractivity contribution in [3.8, 4) is 11.5 Å². The topological polar surface area (TPSA) is 47.6 Å². The fourth-order valence-electron chi connectivity index (χ4n) is 2.99. The van der Waals surface area contributed by atoms with Gasteiger partial charge in [0.05, 0.1) is 6.61 Å². The van der Waals surface area contributed by atoms with E-state index in [0.717, 1.165) is 23.3 Å². The van der Waals surface area contributed by atoms with Crippen molar-refractivity contribution in [3.63, 3.8) is 0 Å². The highest BCUT2D eigenvalue weighted by Crippen LogP contribution is 2.26. The van der Waals surface area contributed by atoms with Gasteiger partial charge < -0.3 is 14.8 Å². The Hall–Kier alpha value is -3.34. The summed E-state index contributed by atoms with van der Waals surface area (Å²) in [4.78, 5) is 12.5. The van der Waals surface area contributed by atoms with Crippen molar-refractivity contribution in [2.24, 2.45) is 0 Å². The Morgan fingerprint density at radius 3 is 2.85 bits per heavy atom. The molecule has 0 saturated carbocycles. The van der Waals surface area contributed by atoms with Crippen LogP contribution in [0.1, 0.15) is 21.5 Å². The van der Waals surface area contributed by atoms with Gasteiger partial charge in [0.25, 0.3) is 5.91 Å². The maximum atomic E-state index is 13.2. The molecule has 0 radical (unpaired) electrons. The number of amides is 1. The van der Waals surface area contributed by atoms with Crippen LogP contribution in [0.5, 0.6) is 11.5 Å². The summed E-state index contributed by atoms with van der Waals surface area (Å²) >= 11 is 0. The third-order valence-corrected chi connectivity index (χ3v) is 4.34. The number of hydrogen-bond acceptors (Lipinski definition) is 3. The molecule has 136 valence electrons. The average Bonchev–Trinajstić information content (AvgIpc) is 3.14. The van der Waals surface area contributed by atoms with Crippen LogP contribution in [-0.4, -0.2) is 12.5 Å². The summed E-state index contributed by atoms with van der Waals surface area (Å²) in [5.74, 6) is 0.800. The third kappa shape index (κ3) is 4.08. The van der Waals surface area contributed by atoms with E-state index in [0.29, 0.717) is 23.6 Å². The summed E-state index contributed by atoms with van der Waals surface area (Å²) in [7, 11) is 0. The monoisotopic (exact) mass is 363 g/mol. The van der Waals surface area contributed by atoms with E-state index in [-0.39, 0.29) is 18.3 Å². The zero-order valence-corrected chi connectivity index (χ0v) is 14.6. The Morgan fingerprint density at radius 2 is 1.96 bits per heavy atom. The molecule has 0 fully saturated rings. The number of carbonyl (C=O) groups excluding carboxylic acids is 1. The van der Waals surface area contributed by atoms with Crippen LogP contribution in [0.15, 0.2) is 66.7 Å². The van der Waals surface area contributed by atoms with Crippen LogP contribution in [0, 0.1) is 5.82 Å². The summed E-state index contributed by atoms with van der Waals surface area (Å²) in [5, 5.41) is 2.90. The van der Waals surface area contributed by atoms with Crippen LogP contribution in [0.4, 0.5) is 10.1 Å². The SMILES string of the molecule is O=C(Nc1cccc(COc2cccc(F)c2)c1)c1ccc2c(c1)CCO2. The number of nitrogens with one attached hydrogen (secondary N) is 1. The summed E-state index contributed by atoms with van der Waals surface area (Å²) in [6, 6.07) is 18.9. The molecule has 4 rings (SSSR count). The molecule has 0 bridgehead atoms. The molecule has 5 heteroatoms. The van der Waals surface area contributed by atoms with Crippen molar-refractivity contribution in [2.45, 2.75) is 13.0 Å². The molecule has 0 aliphatic carbocycles. The Kier molecular flexibility index (Phi) is 4.75. The van der Waals surface area contributed by atoms with Crippen LogP contribution >= 0.6 is 0 Å². The first-order chi connectivity index (χ1) is 13.2. The molecular weight excluding hydrogens is 345 g/mol. The summed E-state index contributed by atoms with van der Waals surface area (Å²) in [5.41, 5.74) is 3.21. The number of rotatable bonds is 5. The molecule has 1 heterocycles. The lowest BCUT2D eigenvalue weighted by atomic mass is 10.1. The normalized spacial score (nSPS) is 12.2. The second-order valence-electron chi connectivity index (χ2n) is 6.32. The van der Waals surface area contributed by atoms with Crippen molar-refractivity contribution in [1.82, 2.24) is 0 Å². The van der Waals surface area contributed by atoms with Crippen molar-refractivity contribution >= 4 is 11.6 Å². The molecule has 4 nitrogen and oxygen atoms in total. The molecule has 1 amide bonds. The molecule has 3 aromatic carbocycles. The smallest absolute Gasteiger partial charge is 0.255 e. The second-order valence-corrected chi connectivity index (χ2v) is 6.32. The molecule has 27 heavy (non-hydrogen) atoms. The van der Waals surface area contributed by atoms with Gasteiger partial charge in [0.15, 0.2) is 0 Å². The van der Waals surface area contributed by atoms with Crippen molar-refractivity contribution < 1.29 is 18.7 Å². The summed E-state index contributed by atoms with van der Waals surface area (Å²) in [6.07, 6.45) is 0.823. The van der Waals surface area contributed by atoms with E-state index in [4.69, 9.17) is 9.47 Å². The lowest BCUT2D eigenvalue weighted by molar-refractivity contribution is 0.102. The average molecular weight is 363 g/mol. The molecule has 1 N–H and O–H groups in total. The van der Waals surface area contributed by atoms with Crippen molar-refractivity contribution in [1.29, 1.82) is 0 Å². The Labute approximate surface area is 156 Å². The molecule has 0 aromatic heterocycles. The minimum Gasteiger partial charge on any atom is -0.493 e. The minimum absolute atomic E-state index is 0.173. The first kappa shape index (κ1) is 17.1. The predicted octanol–water partition coefficient (Wildman–Crippen LogP) is 4.59. The van der Waals surface area contributed by atoms with Gasteiger partial charge in [0.1, 0.15) is 23.9 Å². The lowest BCUT2D eigenvalue weighted by Gasteiger charge is -2.10. The molecule has 3 aromatic rings. The summed E-state index contributed by atoms with van der Waals surface area (Å²) < 4.78 is 24.3. The number of fused-ring (bicyclic) bond motifs is 1. The van der Waals surface area contributed by atoms with Crippen molar-refractivity contribution in [2.75, 3.05) is 11.9 Å². The molecule has 0 atom stereocenters. The van der Waals surface area contributed by atoms with Crippen LogP contribution in [-0.2, 0) is 13.0 Å². The van der Waals surface area contributed by atoms with E-state index >= 15 is 0 Å². The summed E-state index contributed by atoms with van der Waals surface area (Å²) in [6.45, 7) is 0.942. The highest BCUT2D eigenvalue weighted by Gasteiger charge is 2.15. The van der Waals surface area contributed by atoms with Gasteiger partial charge in [0, 0.05) is 23.7 Å². The molecule has 0 saturated heterocycles. The fraction of sp³-hybridized carbons (Fsp3) is 0.136. The number of carbonyl (C=O) groups is 1. The van der Waals surface area contributed by atoms with Crippen LogP contribution in [0.25, 0.3) is 0 Å². The molecular formula is C22H18FNO3. The van der Waals surface area contributed by atoms with Crippen molar-refractivity contribution in [3.05, 3.63) is 89.2 Å². The number of halogens is 1. The van der Waals surface area contributed by atoms with Gasteiger partial charge >= 0.3 is 0 Å². The van der Waals surface area contributed by atoms with E-state index in [1.165, 1.54) is 12.1 Å². The second kappa shape index (κ2) is 7.50. The van der Waals surface area contributed by atoms with E-state index in [9.17, 15) is 9.18 Å². The van der Waals surface area contributed by atoms with Gasteiger partial charge in [-0.15, -0.1) is 0 Å². The van der Waals surface area contributed by atoms with Gasteiger partial charge in [-0.2, -0.15) is 0 Å². The fourth-order valence-corrected chi connectivity index (χ4v) is 2.99. The van der Waals surface area contributed by atoms with E-state index in [1.54, 1.807) is 18.2 Å². The zero-order valence-electron chi connectivity index (χ0n) is 14.6. The van der Waals surface area contributed by atoms with E-state index in [2.05, 4.69) is 5.32 Å². The van der Waals surface area contributed by atoms with Crippen LogP contribution in [0.3, 0.4) is 0 Å². The van der Waals surface area contributed by atoms with E-state index < -0.39 is 0 Å². The standard InChI is InChI=1S/C22H18FNO3/c23-18-4-2-6-20(13-18)27-14-15-3-1-5-19(11-15)24-22(25)17-7-8-21-16(12-17)9-10-26-21/h1-8,11-13H,9-10,14H2,(H,24,25). The molecule has 0 spiro atoms. The van der Waals surface area contributed by atoms with Crippen LogP contribution in [0.2, 0.25) is 0 Å². The van der Waals surface area contributed by atoms with Gasteiger partial charge in [-0.3, -0.25) is 4.79 Å². The largest absolute Gasteiger partial charge is 0.493 e. The predicted molar refractivity (Wildman–Crippen MR) is 101 cm³/mol. The zero-order chi connectivity index (χ0) is 18.6. The highest BCUT2D eigenvalue weighted by atomic mass is 19.1. The number of benzene rings is 3. The third-order valence-electron chi connectivity index (χ3n) is 4.34. The number of hydrogen-bond donors (Lipinski definition) is 1. The van der Waals surface area contributed by atoms with Gasteiger partial charge in [-0.25, -0.2) is 4.39 Å². The first-order valence-corrected chi connectivity index (χ1v) is 8.72. The maximum absolute atomic E-state index is 13.2. The Bertz CT molecular complexity index is 987. The quantitative estimate of drug-likeness (QED) is 0.721. The van der Waals surface area contributed by atoms with Gasteiger partial charge in [-0.05, 0) is 53.6 Å². The highest BCUT2D eigenvalue weighted by molar-refractivity contribution is 6.04. The number of anilines is 1. The Morgan fingerprint density at radius 1 is 1.07 bits per heavy atom. The molecule has 1 aliphatic rings. The van der Waals surface area contributed by atoms with Crippen LogP contribution < -0.4 is 14.8 Å². The number of ether oxygens (including phenoxy) is 2. The maximum Gasteiger partial charge on any atom is 0.255 e. The Balaban J connectivity index is 1.42. The molecule has 1 aliphatic heterocycles. The minimum atomic E-state index is -0.340. The first-order valence-electron chi connectivity index (χ1n) is 8.72. The van der Waals surface area contributed by atoms with Gasteiger partial charge in [0.2, 0.25) is 0 Å². The molecule has 0 unspecified atom stereocenters. The van der Waals surface area contributed by atoms with E-state index in [1.807, 2.05) is 36.4 Å².